The van der Waals surface area contributed by atoms with Crippen molar-refractivity contribution >= 4 is 15.9 Å². The first kappa shape index (κ1) is 15.7. The summed E-state index contributed by atoms with van der Waals surface area (Å²) in [7, 11) is 0. The van der Waals surface area contributed by atoms with Crippen LogP contribution in [0.1, 0.15) is 52.0 Å². The van der Waals surface area contributed by atoms with Gasteiger partial charge in [-0.2, -0.15) is 0 Å². The molecule has 0 aliphatic rings. The van der Waals surface area contributed by atoms with Gasteiger partial charge >= 0.3 is 0 Å². The lowest BCUT2D eigenvalue weighted by Crippen LogP contribution is -2.29. The minimum Gasteiger partial charge on any atom is -0.312 e. The standard InChI is InChI=1S/C16H26BrN/c1-4-5-6-10-16(2,3)13-18-12-14-8-7-9-15(17)11-14/h7-9,11,18H,4-6,10,12-13H2,1-3H3. The van der Waals surface area contributed by atoms with Gasteiger partial charge in [0, 0.05) is 17.6 Å². The van der Waals surface area contributed by atoms with E-state index in [0.717, 1.165) is 17.6 Å². The van der Waals surface area contributed by atoms with Crippen LogP contribution < -0.4 is 5.32 Å². The van der Waals surface area contributed by atoms with Gasteiger partial charge in [-0.3, -0.25) is 0 Å². The second-order valence-corrected chi connectivity index (χ2v) is 6.77. The third-order valence-electron chi connectivity index (χ3n) is 3.28. The molecule has 18 heavy (non-hydrogen) atoms. The fraction of sp³-hybridized carbons (Fsp3) is 0.625. The fourth-order valence-electron chi connectivity index (χ4n) is 2.13. The van der Waals surface area contributed by atoms with Crippen LogP contribution in [0.3, 0.4) is 0 Å². The van der Waals surface area contributed by atoms with Gasteiger partial charge in [0.2, 0.25) is 0 Å². The van der Waals surface area contributed by atoms with Crippen LogP contribution in [0, 0.1) is 5.41 Å². The summed E-state index contributed by atoms with van der Waals surface area (Å²) < 4.78 is 1.16. The molecule has 0 bridgehead atoms. The maximum Gasteiger partial charge on any atom is 0.0206 e. The lowest BCUT2D eigenvalue weighted by atomic mass is 9.87. The third-order valence-corrected chi connectivity index (χ3v) is 3.77. The molecule has 1 rings (SSSR count). The first-order valence-corrected chi connectivity index (χ1v) is 7.78. The summed E-state index contributed by atoms with van der Waals surface area (Å²) >= 11 is 3.51. The molecule has 102 valence electrons. The molecule has 0 aliphatic carbocycles. The van der Waals surface area contributed by atoms with Crippen LogP contribution in [-0.2, 0) is 6.54 Å². The molecule has 0 radical (unpaired) electrons. The van der Waals surface area contributed by atoms with Gasteiger partial charge in [0.15, 0.2) is 0 Å². The molecule has 0 fully saturated rings. The van der Waals surface area contributed by atoms with Crippen LogP contribution in [0.2, 0.25) is 0 Å². The lowest BCUT2D eigenvalue weighted by Gasteiger charge is -2.25. The SMILES string of the molecule is CCCCCC(C)(C)CNCc1cccc(Br)c1. The van der Waals surface area contributed by atoms with Crippen LogP contribution in [0.5, 0.6) is 0 Å². The minimum atomic E-state index is 0.404. The number of halogens is 1. The highest BCUT2D eigenvalue weighted by atomic mass is 79.9. The normalized spacial score (nSPS) is 11.8. The van der Waals surface area contributed by atoms with Gasteiger partial charge in [-0.25, -0.2) is 0 Å². The molecule has 0 atom stereocenters. The summed E-state index contributed by atoms with van der Waals surface area (Å²) in [6.07, 6.45) is 5.32. The van der Waals surface area contributed by atoms with Gasteiger partial charge in [0.05, 0.1) is 0 Å². The first-order valence-electron chi connectivity index (χ1n) is 6.99. The molecule has 0 spiro atoms. The van der Waals surface area contributed by atoms with E-state index in [9.17, 15) is 0 Å². The summed E-state index contributed by atoms with van der Waals surface area (Å²) in [6, 6.07) is 8.50. The number of rotatable bonds is 8. The molecule has 2 heteroatoms. The number of nitrogens with one attached hydrogen (secondary N) is 1. The smallest absolute Gasteiger partial charge is 0.0206 e. The highest BCUT2D eigenvalue weighted by Crippen LogP contribution is 2.22. The molecule has 1 N–H and O–H groups in total. The van der Waals surface area contributed by atoms with E-state index >= 15 is 0 Å². The number of hydrogen-bond donors (Lipinski definition) is 1. The van der Waals surface area contributed by atoms with Crippen molar-refractivity contribution in [2.45, 2.75) is 53.0 Å². The second-order valence-electron chi connectivity index (χ2n) is 5.85. The molecule has 1 nitrogen and oxygen atoms in total. The van der Waals surface area contributed by atoms with Crippen LogP contribution in [0.25, 0.3) is 0 Å². The van der Waals surface area contributed by atoms with Gasteiger partial charge < -0.3 is 5.32 Å². The Balaban J connectivity index is 2.27. The monoisotopic (exact) mass is 311 g/mol. The van der Waals surface area contributed by atoms with Crippen molar-refractivity contribution in [3.8, 4) is 0 Å². The Labute approximate surface area is 120 Å². The fourth-order valence-corrected chi connectivity index (χ4v) is 2.58. The van der Waals surface area contributed by atoms with E-state index in [0.29, 0.717) is 5.41 Å². The molecule has 0 saturated carbocycles. The van der Waals surface area contributed by atoms with Crippen LogP contribution in [0.15, 0.2) is 28.7 Å². The maximum atomic E-state index is 3.58. The van der Waals surface area contributed by atoms with Crippen molar-refractivity contribution in [3.63, 3.8) is 0 Å². The summed E-state index contributed by atoms with van der Waals surface area (Å²) in [6.45, 7) is 9.02. The zero-order chi connectivity index (χ0) is 13.4. The summed E-state index contributed by atoms with van der Waals surface area (Å²) in [5.41, 5.74) is 1.75. The molecule has 0 aromatic heterocycles. The van der Waals surface area contributed by atoms with Crippen molar-refractivity contribution < 1.29 is 0 Å². The second kappa shape index (κ2) is 7.96. The topological polar surface area (TPSA) is 12.0 Å². The Bertz CT molecular complexity index is 347. The Morgan fingerprint density at radius 3 is 2.67 bits per heavy atom. The van der Waals surface area contributed by atoms with Crippen molar-refractivity contribution in [3.05, 3.63) is 34.3 Å². The molecule has 1 aromatic carbocycles. The molecule has 0 unspecified atom stereocenters. The highest BCUT2D eigenvalue weighted by Gasteiger charge is 2.16. The molecular weight excluding hydrogens is 286 g/mol. The predicted octanol–water partition coefficient (Wildman–Crippen LogP) is 5.15. The van der Waals surface area contributed by atoms with E-state index < -0.39 is 0 Å². The summed E-state index contributed by atoms with van der Waals surface area (Å²) in [5, 5.41) is 3.58. The zero-order valence-corrected chi connectivity index (χ0v) is 13.5. The minimum absolute atomic E-state index is 0.404. The quantitative estimate of drug-likeness (QED) is 0.655. The third kappa shape index (κ3) is 6.55. The van der Waals surface area contributed by atoms with E-state index in [-0.39, 0.29) is 0 Å². The first-order chi connectivity index (χ1) is 8.53. The molecule has 0 aliphatic heterocycles. The van der Waals surface area contributed by atoms with Gasteiger partial charge in [-0.15, -0.1) is 0 Å². The Morgan fingerprint density at radius 1 is 1.22 bits per heavy atom. The van der Waals surface area contributed by atoms with Crippen LogP contribution in [-0.4, -0.2) is 6.54 Å². The van der Waals surface area contributed by atoms with Crippen molar-refractivity contribution in [1.82, 2.24) is 5.32 Å². The molecule has 0 saturated heterocycles. The Hall–Kier alpha value is -0.340. The van der Waals surface area contributed by atoms with Gasteiger partial charge in [0.25, 0.3) is 0 Å². The zero-order valence-electron chi connectivity index (χ0n) is 11.9. The summed E-state index contributed by atoms with van der Waals surface area (Å²) in [4.78, 5) is 0. The van der Waals surface area contributed by atoms with Crippen molar-refractivity contribution in [1.29, 1.82) is 0 Å². The number of unbranched alkanes of at least 4 members (excludes halogenated alkanes) is 2. The highest BCUT2D eigenvalue weighted by molar-refractivity contribution is 9.10. The average Bonchev–Trinajstić information content (AvgIpc) is 2.29. The van der Waals surface area contributed by atoms with Crippen LogP contribution >= 0.6 is 15.9 Å². The average molecular weight is 312 g/mol. The largest absolute Gasteiger partial charge is 0.312 e. The number of hydrogen-bond acceptors (Lipinski definition) is 1. The Morgan fingerprint density at radius 2 is 2.00 bits per heavy atom. The molecule has 0 amide bonds. The van der Waals surface area contributed by atoms with E-state index in [2.05, 4.69) is 66.3 Å². The molecular formula is C16H26BrN. The number of benzene rings is 1. The van der Waals surface area contributed by atoms with E-state index in [1.807, 2.05) is 0 Å². The van der Waals surface area contributed by atoms with Gasteiger partial charge in [-0.05, 0) is 29.5 Å². The van der Waals surface area contributed by atoms with E-state index in [4.69, 9.17) is 0 Å². The molecule has 0 heterocycles. The van der Waals surface area contributed by atoms with E-state index in [1.165, 1.54) is 31.2 Å². The maximum absolute atomic E-state index is 3.58. The predicted molar refractivity (Wildman–Crippen MR) is 83.8 cm³/mol. The van der Waals surface area contributed by atoms with Gasteiger partial charge in [-0.1, -0.05) is 68.1 Å². The summed E-state index contributed by atoms with van der Waals surface area (Å²) in [5.74, 6) is 0. The van der Waals surface area contributed by atoms with Crippen molar-refractivity contribution in [2.24, 2.45) is 5.41 Å². The van der Waals surface area contributed by atoms with Crippen molar-refractivity contribution in [2.75, 3.05) is 6.54 Å². The van der Waals surface area contributed by atoms with Crippen LogP contribution in [0.4, 0.5) is 0 Å². The lowest BCUT2D eigenvalue weighted by molar-refractivity contribution is 0.302. The Kier molecular flexibility index (Phi) is 6.95. The van der Waals surface area contributed by atoms with E-state index in [1.54, 1.807) is 0 Å². The van der Waals surface area contributed by atoms with Gasteiger partial charge in [0.1, 0.15) is 0 Å². The molecule has 1 aromatic rings.